The van der Waals surface area contributed by atoms with Crippen LogP contribution in [0.3, 0.4) is 0 Å². The van der Waals surface area contributed by atoms with E-state index in [1.165, 1.54) is 7.11 Å². The second-order valence-electron chi connectivity index (χ2n) is 6.71. The molecular weight excluding hydrogens is 416 g/mol. The molecule has 0 saturated carbocycles. The number of nitrogens with one attached hydrogen (secondary N) is 1. The zero-order chi connectivity index (χ0) is 23.8. The van der Waals surface area contributed by atoms with Crippen molar-refractivity contribution in [1.29, 1.82) is 0 Å². The molecule has 0 saturated heterocycles. The minimum atomic E-state index is -0.736. The number of nitrogens with zero attached hydrogens (tertiary/aromatic N) is 2. The van der Waals surface area contributed by atoms with E-state index in [0.29, 0.717) is 22.3 Å². The fraction of sp³-hybridized carbons (Fsp3) is 0.115. The number of carbonyl (C=O) groups is 2. The third-order valence-electron chi connectivity index (χ3n) is 4.79. The van der Waals surface area contributed by atoms with Gasteiger partial charge in [-0.2, -0.15) is 5.01 Å². The molecule has 4 aromatic rings. The highest BCUT2D eigenvalue weighted by Gasteiger charge is 2.24. The van der Waals surface area contributed by atoms with Crippen molar-refractivity contribution >= 4 is 34.3 Å². The van der Waals surface area contributed by atoms with E-state index in [1.54, 1.807) is 42.5 Å². The third-order valence-corrected chi connectivity index (χ3v) is 4.79. The van der Waals surface area contributed by atoms with Crippen LogP contribution in [0, 0.1) is 0 Å². The molecule has 0 aliphatic heterocycles. The number of para-hydroxylation sites is 2. The highest BCUT2D eigenvalue weighted by Crippen LogP contribution is 2.32. The first-order chi connectivity index (χ1) is 16.1. The lowest BCUT2D eigenvalue weighted by atomic mass is 10.0. The predicted octanol–water partition coefficient (Wildman–Crippen LogP) is 5.43. The summed E-state index contributed by atoms with van der Waals surface area (Å²) in [6, 6.07) is 25.3. The molecule has 2 amide bonds. The van der Waals surface area contributed by atoms with Crippen molar-refractivity contribution in [2.24, 2.45) is 0 Å². The molecule has 0 fully saturated rings. The maximum absolute atomic E-state index is 13.4. The van der Waals surface area contributed by atoms with Gasteiger partial charge < -0.3 is 10.5 Å². The Morgan fingerprint density at radius 2 is 1.45 bits per heavy atom. The first kappa shape index (κ1) is 23.3. The fourth-order valence-electron chi connectivity index (χ4n) is 3.33. The van der Waals surface area contributed by atoms with Crippen LogP contribution in [0.5, 0.6) is 0 Å². The van der Waals surface area contributed by atoms with Crippen molar-refractivity contribution < 1.29 is 14.3 Å². The summed E-state index contributed by atoms with van der Waals surface area (Å²) < 4.78 is 4.84. The number of nitrogen functional groups attached to an aromatic ring is 1. The number of benzene rings is 3. The molecule has 168 valence electrons. The zero-order valence-corrected chi connectivity index (χ0v) is 18.8. The number of amides is 2. The van der Waals surface area contributed by atoms with Crippen molar-refractivity contribution in [2.75, 3.05) is 17.9 Å². The number of hydrazine groups is 1. The average Bonchev–Trinajstić information content (AvgIpc) is 2.88. The molecule has 0 aliphatic carbocycles. The van der Waals surface area contributed by atoms with Gasteiger partial charge >= 0.3 is 6.09 Å². The van der Waals surface area contributed by atoms with Crippen LogP contribution in [-0.2, 0) is 4.74 Å². The number of hydrogen-bond donors (Lipinski definition) is 2. The Morgan fingerprint density at radius 1 is 0.879 bits per heavy atom. The SMILES string of the molecule is CC.COC(=O)N(NC(=O)c1c(N)c(-c2ccccc2)nc2ccccc12)c1ccccc1. The molecule has 1 aromatic heterocycles. The molecule has 0 bridgehead atoms. The van der Waals surface area contributed by atoms with E-state index in [0.717, 1.165) is 10.6 Å². The second-order valence-corrected chi connectivity index (χ2v) is 6.71. The average molecular weight is 443 g/mol. The Morgan fingerprint density at radius 3 is 2.09 bits per heavy atom. The summed E-state index contributed by atoms with van der Waals surface area (Å²) in [6.07, 6.45) is -0.736. The highest BCUT2D eigenvalue weighted by molar-refractivity contribution is 6.14. The van der Waals surface area contributed by atoms with Gasteiger partial charge in [-0.3, -0.25) is 10.2 Å². The molecule has 3 N–H and O–H groups in total. The topological polar surface area (TPSA) is 97.5 Å². The molecule has 33 heavy (non-hydrogen) atoms. The number of rotatable bonds is 3. The molecular formula is C26H26N4O3. The quantitative estimate of drug-likeness (QED) is 0.413. The normalized spacial score (nSPS) is 10.0. The van der Waals surface area contributed by atoms with E-state index >= 15 is 0 Å². The zero-order valence-electron chi connectivity index (χ0n) is 18.8. The number of carbonyl (C=O) groups excluding carboxylic acids is 2. The number of methoxy groups -OCH3 is 1. The molecule has 0 spiro atoms. The van der Waals surface area contributed by atoms with Gasteiger partial charge in [0.2, 0.25) is 0 Å². The highest BCUT2D eigenvalue weighted by atomic mass is 16.5. The number of fused-ring (bicyclic) bond motifs is 1. The molecule has 1 heterocycles. The van der Waals surface area contributed by atoms with Crippen molar-refractivity contribution in [1.82, 2.24) is 10.4 Å². The smallest absolute Gasteiger partial charge is 0.433 e. The Bertz CT molecular complexity index is 1240. The van der Waals surface area contributed by atoms with Crippen LogP contribution in [-0.4, -0.2) is 24.1 Å². The first-order valence-electron chi connectivity index (χ1n) is 10.6. The summed E-state index contributed by atoms with van der Waals surface area (Å²) >= 11 is 0. The van der Waals surface area contributed by atoms with Crippen LogP contribution in [0.4, 0.5) is 16.2 Å². The van der Waals surface area contributed by atoms with E-state index < -0.39 is 12.0 Å². The maximum atomic E-state index is 13.4. The summed E-state index contributed by atoms with van der Waals surface area (Å²) in [4.78, 5) is 30.4. The molecule has 4 rings (SSSR count). The fourth-order valence-corrected chi connectivity index (χ4v) is 3.33. The van der Waals surface area contributed by atoms with Gasteiger partial charge in [-0.05, 0) is 18.2 Å². The monoisotopic (exact) mass is 442 g/mol. The molecule has 3 aromatic carbocycles. The molecule has 0 radical (unpaired) electrons. The van der Waals surface area contributed by atoms with Crippen molar-refractivity contribution in [3.05, 3.63) is 90.5 Å². The van der Waals surface area contributed by atoms with Crippen LogP contribution in [0.2, 0.25) is 0 Å². The number of ether oxygens (including phenoxy) is 1. The Labute approximate surface area is 192 Å². The minimum absolute atomic E-state index is 0.222. The molecule has 0 unspecified atom stereocenters. The van der Waals surface area contributed by atoms with Gasteiger partial charge in [-0.15, -0.1) is 0 Å². The summed E-state index contributed by atoms with van der Waals surface area (Å²) in [6.45, 7) is 4.00. The van der Waals surface area contributed by atoms with E-state index in [9.17, 15) is 9.59 Å². The standard InChI is InChI=1S/C24H20N4O3.C2H6/c1-31-24(30)28(17-12-6-3-7-13-17)27-23(29)20-18-14-8-9-15-19(18)26-22(21(20)25)16-10-4-2-5-11-16;1-2/h2-15H,25H2,1H3,(H,27,29);1-2H3. The van der Waals surface area contributed by atoms with Gasteiger partial charge in [0.15, 0.2) is 0 Å². The first-order valence-corrected chi connectivity index (χ1v) is 10.6. The van der Waals surface area contributed by atoms with E-state index in [-0.39, 0.29) is 11.3 Å². The lowest BCUT2D eigenvalue weighted by Crippen LogP contribution is -2.46. The van der Waals surface area contributed by atoms with Gasteiger partial charge in [-0.1, -0.05) is 80.6 Å². The molecule has 7 heteroatoms. The Balaban J connectivity index is 0.00000149. The number of aromatic nitrogens is 1. The van der Waals surface area contributed by atoms with Crippen molar-refractivity contribution in [3.8, 4) is 11.3 Å². The van der Waals surface area contributed by atoms with Crippen LogP contribution >= 0.6 is 0 Å². The summed E-state index contributed by atoms with van der Waals surface area (Å²) in [5.74, 6) is -0.553. The van der Waals surface area contributed by atoms with Crippen LogP contribution in [0.25, 0.3) is 22.2 Å². The van der Waals surface area contributed by atoms with Gasteiger partial charge in [0.05, 0.1) is 35.3 Å². The summed E-state index contributed by atoms with van der Waals surface area (Å²) in [5, 5.41) is 1.62. The lowest BCUT2D eigenvalue weighted by Gasteiger charge is -2.23. The number of hydrogen-bond acceptors (Lipinski definition) is 5. The van der Waals surface area contributed by atoms with E-state index in [1.807, 2.05) is 56.3 Å². The van der Waals surface area contributed by atoms with Gasteiger partial charge in [0.25, 0.3) is 5.91 Å². The molecule has 0 aliphatic rings. The van der Waals surface area contributed by atoms with Crippen molar-refractivity contribution in [3.63, 3.8) is 0 Å². The van der Waals surface area contributed by atoms with E-state index in [4.69, 9.17) is 10.5 Å². The summed E-state index contributed by atoms with van der Waals surface area (Å²) in [7, 11) is 1.24. The Kier molecular flexibility index (Phi) is 7.60. The molecule has 7 nitrogen and oxygen atoms in total. The van der Waals surface area contributed by atoms with Gasteiger partial charge in [0, 0.05) is 10.9 Å². The number of nitrogens with two attached hydrogens (primary N) is 1. The third kappa shape index (κ3) is 4.93. The Hall–Kier alpha value is -4.39. The summed E-state index contributed by atoms with van der Waals surface area (Å²) in [5.41, 5.74) is 11.9. The number of pyridine rings is 1. The lowest BCUT2D eigenvalue weighted by molar-refractivity contribution is 0.0943. The van der Waals surface area contributed by atoms with Crippen LogP contribution in [0.1, 0.15) is 24.2 Å². The number of anilines is 2. The largest absolute Gasteiger partial charge is 0.451 e. The van der Waals surface area contributed by atoms with E-state index in [2.05, 4.69) is 10.4 Å². The predicted molar refractivity (Wildman–Crippen MR) is 132 cm³/mol. The van der Waals surface area contributed by atoms with Gasteiger partial charge in [0.1, 0.15) is 0 Å². The second kappa shape index (κ2) is 10.8. The van der Waals surface area contributed by atoms with Gasteiger partial charge in [-0.25, -0.2) is 9.78 Å². The molecule has 0 atom stereocenters. The maximum Gasteiger partial charge on any atom is 0.433 e. The minimum Gasteiger partial charge on any atom is -0.451 e. The van der Waals surface area contributed by atoms with Crippen LogP contribution in [0.15, 0.2) is 84.9 Å². The van der Waals surface area contributed by atoms with Crippen molar-refractivity contribution in [2.45, 2.75) is 13.8 Å². The van der Waals surface area contributed by atoms with Crippen LogP contribution < -0.4 is 16.2 Å².